The summed E-state index contributed by atoms with van der Waals surface area (Å²) in [5.74, 6) is 1.63. The Morgan fingerprint density at radius 3 is 2.55 bits per heavy atom. The molecule has 0 radical (unpaired) electrons. The molecule has 2 aliphatic rings. The molecule has 33 heavy (non-hydrogen) atoms. The zero-order valence-corrected chi connectivity index (χ0v) is 18.9. The van der Waals surface area contributed by atoms with Gasteiger partial charge in [-0.1, -0.05) is 35.9 Å². The number of imide groups is 1. The number of hydrogen-bond acceptors (Lipinski definition) is 7. The molecule has 1 aromatic heterocycles. The van der Waals surface area contributed by atoms with Crippen molar-refractivity contribution in [1.29, 1.82) is 0 Å². The minimum Gasteiger partial charge on any atom is -0.457 e. The highest BCUT2D eigenvalue weighted by Gasteiger charge is 2.36. The van der Waals surface area contributed by atoms with Crippen LogP contribution in [0.3, 0.4) is 0 Å². The van der Waals surface area contributed by atoms with E-state index in [0.29, 0.717) is 39.2 Å². The van der Waals surface area contributed by atoms with Crippen LogP contribution in [0.15, 0.2) is 57.9 Å². The molecule has 0 spiro atoms. The molecule has 1 fully saturated rings. The van der Waals surface area contributed by atoms with E-state index in [4.69, 9.17) is 25.5 Å². The highest BCUT2D eigenvalue weighted by atomic mass is 35.5. The molecule has 0 saturated carbocycles. The fourth-order valence-corrected chi connectivity index (χ4v) is 4.50. The largest absolute Gasteiger partial charge is 0.457 e. The van der Waals surface area contributed by atoms with Crippen LogP contribution >= 0.6 is 23.4 Å². The summed E-state index contributed by atoms with van der Waals surface area (Å²) in [6, 6.07) is 13.8. The number of amides is 2. The van der Waals surface area contributed by atoms with Crippen LogP contribution < -0.4 is 9.47 Å². The second-order valence-electron chi connectivity index (χ2n) is 7.40. The molecule has 5 rings (SSSR count). The highest BCUT2D eigenvalue weighted by molar-refractivity contribution is 8.18. The summed E-state index contributed by atoms with van der Waals surface area (Å²) < 4.78 is 16.5. The fraction of sp³-hybridized carbons (Fsp3) is 0.125. The Balaban J connectivity index is 1.34. The maximum Gasteiger partial charge on any atom is 0.293 e. The molecule has 7 nitrogen and oxygen atoms in total. The number of thioether (sulfide) groups is 1. The predicted molar refractivity (Wildman–Crippen MR) is 123 cm³/mol. The summed E-state index contributed by atoms with van der Waals surface area (Å²) in [7, 11) is 0. The molecule has 2 aliphatic heterocycles. The van der Waals surface area contributed by atoms with Gasteiger partial charge in [0.1, 0.15) is 11.5 Å². The number of benzene rings is 2. The van der Waals surface area contributed by atoms with Crippen molar-refractivity contribution in [3.05, 3.63) is 75.3 Å². The van der Waals surface area contributed by atoms with E-state index in [9.17, 15) is 14.4 Å². The number of furan rings is 1. The molecule has 0 aliphatic carbocycles. The number of carbonyl (C=O) groups is 3. The maximum atomic E-state index is 12.9. The van der Waals surface area contributed by atoms with Crippen molar-refractivity contribution >= 4 is 46.4 Å². The third-order valence-corrected chi connectivity index (χ3v) is 6.48. The van der Waals surface area contributed by atoms with E-state index >= 15 is 0 Å². The number of ether oxygens (including phenoxy) is 2. The molecule has 0 atom stereocenters. The number of rotatable bonds is 5. The van der Waals surface area contributed by atoms with E-state index in [1.807, 2.05) is 0 Å². The Morgan fingerprint density at radius 1 is 1.09 bits per heavy atom. The van der Waals surface area contributed by atoms with Crippen LogP contribution in [0.2, 0.25) is 5.02 Å². The van der Waals surface area contributed by atoms with E-state index < -0.39 is 11.1 Å². The third kappa shape index (κ3) is 4.15. The number of nitrogens with zero attached hydrogens (tertiary/aromatic N) is 1. The van der Waals surface area contributed by atoms with Gasteiger partial charge in [-0.05, 0) is 42.4 Å². The molecule has 9 heteroatoms. The summed E-state index contributed by atoms with van der Waals surface area (Å²) in [6.07, 6.45) is 1.54. The lowest BCUT2D eigenvalue weighted by Gasteiger charge is -2.14. The fourth-order valence-electron chi connectivity index (χ4n) is 3.47. The van der Waals surface area contributed by atoms with E-state index in [2.05, 4.69) is 0 Å². The van der Waals surface area contributed by atoms with Crippen molar-refractivity contribution in [3.63, 3.8) is 0 Å². The van der Waals surface area contributed by atoms with Crippen LogP contribution in [0.5, 0.6) is 11.5 Å². The molecule has 3 aromatic rings. The first kappa shape index (κ1) is 21.4. The maximum absolute atomic E-state index is 12.9. The first-order valence-electron chi connectivity index (χ1n) is 9.93. The Bertz CT molecular complexity index is 1330. The summed E-state index contributed by atoms with van der Waals surface area (Å²) in [5, 5.41) is -0.0136. The van der Waals surface area contributed by atoms with Crippen LogP contribution in [0.1, 0.15) is 28.6 Å². The molecular formula is C24H16ClNO6S. The van der Waals surface area contributed by atoms with Gasteiger partial charge in [-0.3, -0.25) is 19.3 Å². The Morgan fingerprint density at radius 2 is 1.82 bits per heavy atom. The van der Waals surface area contributed by atoms with E-state index in [1.165, 1.54) is 6.92 Å². The van der Waals surface area contributed by atoms with Gasteiger partial charge in [-0.25, -0.2) is 0 Å². The summed E-state index contributed by atoms with van der Waals surface area (Å²) in [6.45, 7) is 1.63. The number of halogens is 1. The zero-order valence-electron chi connectivity index (χ0n) is 17.3. The Hall–Kier alpha value is -3.49. The second-order valence-corrected chi connectivity index (χ2v) is 8.80. The van der Waals surface area contributed by atoms with E-state index in [-0.39, 0.29) is 24.0 Å². The Labute approximate surface area is 197 Å². The number of Topliss-reactive ketones (excluding diaryl/α,β-unsaturated/α-hetero) is 1. The first-order chi connectivity index (χ1) is 15.9. The molecule has 0 bridgehead atoms. The zero-order chi connectivity index (χ0) is 23.1. The molecule has 0 unspecified atom stereocenters. The van der Waals surface area contributed by atoms with Gasteiger partial charge in [-0.2, -0.15) is 0 Å². The van der Waals surface area contributed by atoms with Crippen LogP contribution in [0.25, 0.3) is 17.4 Å². The second kappa shape index (κ2) is 8.46. The SMILES string of the molecule is CC(=O)c1ccc(-c2ccc(/C=C3/SC(=O)N(Cc4cc5c(cc4Cl)OCO5)C3=O)o2)cc1. The topological polar surface area (TPSA) is 86.0 Å². The summed E-state index contributed by atoms with van der Waals surface area (Å²) in [5.41, 5.74) is 1.99. The lowest BCUT2D eigenvalue weighted by molar-refractivity contribution is -0.123. The van der Waals surface area contributed by atoms with Gasteiger partial charge in [0.2, 0.25) is 6.79 Å². The van der Waals surface area contributed by atoms with Crippen molar-refractivity contribution in [2.45, 2.75) is 13.5 Å². The van der Waals surface area contributed by atoms with Gasteiger partial charge in [-0.15, -0.1) is 0 Å². The van der Waals surface area contributed by atoms with Crippen molar-refractivity contribution in [3.8, 4) is 22.8 Å². The molecule has 3 heterocycles. The standard InChI is InChI=1S/C24H16ClNO6S/c1-13(27)14-2-4-15(5-3-14)19-7-6-17(32-19)9-22-23(28)26(24(29)33-22)11-16-8-20-21(10-18(16)25)31-12-30-20/h2-10H,11-12H2,1H3/b22-9+. The minimum atomic E-state index is -0.428. The average Bonchev–Trinajstić information content (AvgIpc) is 3.51. The van der Waals surface area contributed by atoms with Gasteiger partial charge < -0.3 is 13.9 Å². The van der Waals surface area contributed by atoms with Gasteiger partial charge in [0.05, 0.1) is 11.4 Å². The van der Waals surface area contributed by atoms with Crippen molar-refractivity contribution in [2.24, 2.45) is 0 Å². The van der Waals surface area contributed by atoms with Crippen molar-refractivity contribution in [1.82, 2.24) is 4.90 Å². The molecule has 2 amide bonds. The number of hydrogen-bond donors (Lipinski definition) is 0. The lowest BCUT2D eigenvalue weighted by atomic mass is 10.1. The normalized spacial score (nSPS) is 16.2. The lowest BCUT2D eigenvalue weighted by Crippen LogP contribution is -2.27. The van der Waals surface area contributed by atoms with Crippen LogP contribution in [-0.4, -0.2) is 28.6 Å². The first-order valence-corrected chi connectivity index (χ1v) is 11.1. The van der Waals surface area contributed by atoms with Gasteiger partial charge in [0.15, 0.2) is 17.3 Å². The average molecular weight is 482 g/mol. The van der Waals surface area contributed by atoms with E-state index in [1.54, 1.807) is 54.6 Å². The predicted octanol–water partition coefficient (Wildman–Crippen LogP) is 5.77. The number of carbonyl (C=O) groups excluding carboxylic acids is 3. The van der Waals surface area contributed by atoms with Crippen molar-refractivity contribution < 1.29 is 28.3 Å². The summed E-state index contributed by atoms with van der Waals surface area (Å²) >= 11 is 7.14. The van der Waals surface area contributed by atoms with E-state index in [0.717, 1.165) is 22.2 Å². The third-order valence-electron chi connectivity index (χ3n) is 5.22. The molecule has 166 valence electrons. The number of ketones is 1. The molecule has 1 saturated heterocycles. The van der Waals surface area contributed by atoms with Gasteiger partial charge in [0.25, 0.3) is 11.1 Å². The van der Waals surface area contributed by atoms with Crippen LogP contribution in [-0.2, 0) is 11.3 Å². The van der Waals surface area contributed by atoms with Crippen LogP contribution in [0.4, 0.5) is 4.79 Å². The molecule has 0 N–H and O–H groups in total. The number of fused-ring (bicyclic) bond motifs is 1. The Kier molecular flexibility index (Phi) is 5.47. The minimum absolute atomic E-state index is 0.0144. The summed E-state index contributed by atoms with van der Waals surface area (Å²) in [4.78, 5) is 38.2. The highest BCUT2D eigenvalue weighted by Crippen LogP contribution is 2.39. The van der Waals surface area contributed by atoms with Gasteiger partial charge >= 0.3 is 0 Å². The van der Waals surface area contributed by atoms with Crippen LogP contribution in [0, 0.1) is 0 Å². The molecular weight excluding hydrogens is 466 g/mol. The van der Waals surface area contributed by atoms with Crippen molar-refractivity contribution in [2.75, 3.05) is 6.79 Å². The monoisotopic (exact) mass is 481 g/mol. The quantitative estimate of drug-likeness (QED) is 0.338. The van der Waals surface area contributed by atoms with Gasteiger partial charge in [0, 0.05) is 28.3 Å². The smallest absolute Gasteiger partial charge is 0.293 e. The molecule has 2 aromatic carbocycles.